The molecule has 0 aromatic carbocycles. The van der Waals surface area contributed by atoms with Gasteiger partial charge in [0, 0.05) is 51.0 Å². The van der Waals surface area contributed by atoms with Crippen molar-refractivity contribution in [1.82, 2.24) is 14.7 Å². The Bertz CT molecular complexity index is 466. The molecule has 0 bridgehead atoms. The maximum atomic E-state index is 5.96. The van der Waals surface area contributed by atoms with Gasteiger partial charge in [0.25, 0.3) is 0 Å². The lowest BCUT2D eigenvalue weighted by Gasteiger charge is -2.28. The maximum Gasteiger partial charge on any atom is 0.0622 e. The number of nitrogens with zero attached hydrogens (tertiary/aromatic N) is 3. The van der Waals surface area contributed by atoms with Gasteiger partial charge < -0.3 is 9.47 Å². The van der Waals surface area contributed by atoms with Crippen molar-refractivity contribution in [2.45, 2.75) is 38.4 Å². The molecular weight excluding hydrogens is 266 g/mol. The minimum atomic E-state index is 0.533. The zero-order valence-electron chi connectivity index (χ0n) is 12.6. The topological polar surface area (TPSA) is 39.5 Å². The van der Waals surface area contributed by atoms with Crippen LogP contribution in [0.5, 0.6) is 0 Å². The Morgan fingerprint density at radius 3 is 2.90 bits per heavy atom. The summed E-state index contributed by atoms with van der Waals surface area (Å²) in [7, 11) is 0. The molecule has 1 aromatic rings. The smallest absolute Gasteiger partial charge is 0.0622 e. The van der Waals surface area contributed by atoms with E-state index >= 15 is 0 Å². The summed E-state index contributed by atoms with van der Waals surface area (Å²) in [5, 5.41) is 4.49. The Hall–Kier alpha value is -0.910. The third-order valence-electron chi connectivity index (χ3n) is 4.92. The Kier molecular flexibility index (Phi) is 3.97. The van der Waals surface area contributed by atoms with Crippen molar-refractivity contribution in [3.8, 4) is 0 Å². The molecule has 1 saturated heterocycles. The quantitative estimate of drug-likeness (QED) is 0.825. The molecule has 1 aromatic heterocycles. The molecule has 2 atom stereocenters. The van der Waals surface area contributed by atoms with Crippen molar-refractivity contribution >= 4 is 0 Å². The molecule has 1 saturated carbocycles. The molecule has 0 N–H and O–H groups in total. The summed E-state index contributed by atoms with van der Waals surface area (Å²) in [5.74, 6) is 1.38. The lowest BCUT2D eigenvalue weighted by Crippen LogP contribution is -2.38. The number of fused-ring (bicyclic) bond motifs is 1. The average molecular weight is 291 g/mol. The molecule has 1 aliphatic carbocycles. The summed E-state index contributed by atoms with van der Waals surface area (Å²) in [6, 6.07) is 2.72. The summed E-state index contributed by atoms with van der Waals surface area (Å²) in [5.41, 5.74) is 1.33. The molecule has 2 fully saturated rings. The first-order valence-electron chi connectivity index (χ1n) is 8.28. The number of hydrogen-bond acceptors (Lipinski definition) is 4. The fraction of sp³-hybridized carbons (Fsp3) is 0.812. The number of aromatic nitrogens is 2. The highest BCUT2D eigenvalue weighted by atomic mass is 16.5. The first-order valence-corrected chi connectivity index (χ1v) is 8.28. The third-order valence-corrected chi connectivity index (χ3v) is 4.92. The van der Waals surface area contributed by atoms with E-state index in [1.165, 1.54) is 18.5 Å². The first kappa shape index (κ1) is 13.7. The lowest BCUT2D eigenvalue weighted by molar-refractivity contribution is 0.0593. The Morgan fingerprint density at radius 2 is 2.10 bits per heavy atom. The van der Waals surface area contributed by atoms with Crippen LogP contribution in [0.1, 0.15) is 25.0 Å². The van der Waals surface area contributed by atoms with Crippen molar-refractivity contribution in [1.29, 1.82) is 0 Å². The Labute approximate surface area is 126 Å². The van der Waals surface area contributed by atoms with Crippen molar-refractivity contribution in [2.75, 3.05) is 33.0 Å². The van der Waals surface area contributed by atoms with E-state index < -0.39 is 0 Å². The van der Waals surface area contributed by atoms with E-state index in [2.05, 4.69) is 20.7 Å². The van der Waals surface area contributed by atoms with Crippen LogP contribution in [0.4, 0.5) is 0 Å². The van der Waals surface area contributed by atoms with Gasteiger partial charge in [0.15, 0.2) is 0 Å². The van der Waals surface area contributed by atoms with Crippen LogP contribution in [0.2, 0.25) is 0 Å². The van der Waals surface area contributed by atoms with Crippen LogP contribution in [-0.2, 0) is 22.6 Å². The largest absolute Gasteiger partial charge is 0.381 e. The zero-order valence-corrected chi connectivity index (χ0v) is 12.6. The van der Waals surface area contributed by atoms with Gasteiger partial charge in [0.1, 0.15) is 0 Å². The molecule has 0 unspecified atom stereocenters. The molecule has 0 radical (unpaired) electrons. The van der Waals surface area contributed by atoms with E-state index in [1.54, 1.807) is 0 Å². The molecule has 2 aliphatic heterocycles. The van der Waals surface area contributed by atoms with Crippen LogP contribution >= 0.6 is 0 Å². The van der Waals surface area contributed by atoms with E-state index in [4.69, 9.17) is 9.47 Å². The summed E-state index contributed by atoms with van der Waals surface area (Å²) in [4.78, 5) is 2.58. The molecule has 5 heteroatoms. The molecule has 3 aliphatic rings. The highest BCUT2D eigenvalue weighted by Crippen LogP contribution is 2.29. The van der Waals surface area contributed by atoms with Crippen LogP contribution in [0.25, 0.3) is 0 Å². The fourth-order valence-corrected chi connectivity index (χ4v) is 3.44. The van der Waals surface area contributed by atoms with Gasteiger partial charge in [-0.2, -0.15) is 5.10 Å². The van der Waals surface area contributed by atoms with E-state index in [0.29, 0.717) is 12.0 Å². The molecule has 0 amide bonds. The Balaban J connectivity index is 1.42. The number of ether oxygens (including phenoxy) is 2. The second-order valence-corrected chi connectivity index (χ2v) is 6.80. The normalized spacial score (nSPS) is 30.3. The first-order chi connectivity index (χ1) is 10.4. The molecule has 21 heavy (non-hydrogen) atoms. The molecule has 3 heterocycles. The summed E-state index contributed by atoms with van der Waals surface area (Å²) >= 11 is 0. The second kappa shape index (κ2) is 6.07. The highest BCUT2D eigenvalue weighted by Gasteiger charge is 2.30. The van der Waals surface area contributed by atoms with Crippen molar-refractivity contribution in [3.63, 3.8) is 0 Å². The van der Waals surface area contributed by atoms with Crippen LogP contribution in [0.3, 0.4) is 0 Å². The third kappa shape index (κ3) is 3.30. The van der Waals surface area contributed by atoms with Crippen LogP contribution in [-0.4, -0.2) is 53.7 Å². The van der Waals surface area contributed by atoms with Gasteiger partial charge in [-0.3, -0.25) is 9.58 Å². The van der Waals surface area contributed by atoms with Gasteiger partial charge in [-0.1, -0.05) is 0 Å². The predicted octanol–water partition coefficient (Wildman–Crippen LogP) is 1.53. The standard InChI is InChI=1S/C16H25N3O2/c1-2-13(1)10-21-11-14-7-18(16-4-6-20-12-16)9-15-3-5-17-19(15)8-14/h3,5,13-14,16H,1-2,4,6-12H2/t14-,16-/m0/s1. The van der Waals surface area contributed by atoms with Crippen LogP contribution in [0, 0.1) is 11.8 Å². The average Bonchev–Trinajstić information content (AvgIpc) is 3.01. The van der Waals surface area contributed by atoms with Crippen LogP contribution < -0.4 is 0 Å². The van der Waals surface area contributed by atoms with Gasteiger partial charge >= 0.3 is 0 Å². The molecule has 0 spiro atoms. The second-order valence-electron chi connectivity index (χ2n) is 6.80. The Morgan fingerprint density at radius 1 is 1.19 bits per heavy atom. The van der Waals surface area contributed by atoms with Crippen LogP contribution in [0.15, 0.2) is 12.3 Å². The molecule has 116 valence electrons. The van der Waals surface area contributed by atoms with E-state index in [-0.39, 0.29) is 0 Å². The van der Waals surface area contributed by atoms with Gasteiger partial charge in [-0.05, 0) is 31.2 Å². The molecular formula is C16H25N3O2. The van der Waals surface area contributed by atoms with Crippen molar-refractivity contribution in [3.05, 3.63) is 18.0 Å². The minimum absolute atomic E-state index is 0.533. The zero-order chi connectivity index (χ0) is 14.1. The van der Waals surface area contributed by atoms with Gasteiger partial charge in [0.05, 0.1) is 18.9 Å². The van der Waals surface area contributed by atoms with Gasteiger partial charge in [-0.15, -0.1) is 0 Å². The minimum Gasteiger partial charge on any atom is -0.381 e. The molecule has 5 nitrogen and oxygen atoms in total. The van der Waals surface area contributed by atoms with E-state index in [1.807, 2.05) is 6.20 Å². The number of hydrogen-bond donors (Lipinski definition) is 0. The van der Waals surface area contributed by atoms with E-state index in [9.17, 15) is 0 Å². The highest BCUT2D eigenvalue weighted by molar-refractivity contribution is 5.03. The van der Waals surface area contributed by atoms with Gasteiger partial charge in [-0.25, -0.2) is 0 Å². The number of rotatable bonds is 5. The van der Waals surface area contributed by atoms with E-state index in [0.717, 1.165) is 58.4 Å². The fourth-order valence-electron chi connectivity index (χ4n) is 3.44. The summed E-state index contributed by atoms with van der Waals surface area (Å²) in [6.07, 6.45) is 5.80. The lowest BCUT2D eigenvalue weighted by atomic mass is 10.1. The summed E-state index contributed by atoms with van der Waals surface area (Å²) in [6.45, 7) is 6.67. The maximum absolute atomic E-state index is 5.96. The molecule has 4 rings (SSSR count). The van der Waals surface area contributed by atoms with Gasteiger partial charge in [0.2, 0.25) is 0 Å². The van der Waals surface area contributed by atoms with Crippen molar-refractivity contribution < 1.29 is 9.47 Å². The predicted molar refractivity (Wildman–Crippen MR) is 78.9 cm³/mol. The summed E-state index contributed by atoms with van der Waals surface area (Å²) < 4.78 is 13.7. The monoisotopic (exact) mass is 291 g/mol. The SMILES string of the molecule is c1cc2n(n1)C[C@@H](COCC1CC1)CN([C@H]1CCOC1)C2. The van der Waals surface area contributed by atoms with Crippen molar-refractivity contribution in [2.24, 2.45) is 11.8 Å².